The monoisotopic (exact) mass is 1120 g/mol. The van der Waals surface area contributed by atoms with Gasteiger partial charge < -0.3 is 19.4 Å². The van der Waals surface area contributed by atoms with Gasteiger partial charge in [-0.2, -0.15) is 0 Å². The van der Waals surface area contributed by atoms with Crippen LogP contribution in [0, 0.1) is 18.2 Å². The van der Waals surface area contributed by atoms with Crippen molar-refractivity contribution < 1.29 is 24.5 Å². The number of nitrogens with zero attached hydrogens (tertiary/aromatic N) is 3. The summed E-state index contributed by atoms with van der Waals surface area (Å²) in [6, 6.07) is 93.6. The van der Waals surface area contributed by atoms with Crippen LogP contribution in [-0.4, -0.2) is 15.0 Å². The van der Waals surface area contributed by atoms with E-state index < -0.39 is 0 Å². The van der Waals surface area contributed by atoms with Gasteiger partial charge in [-0.3, -0.25) is 0 Å². The maximum atomic E-state index is 6.74. The van der Waals surface area contributed by atoms with Crippen LogP contribution in [0.25, 0.3) is 134 Å². The molecule has 0 fully saturated rings. The van der Waals surface area contributed by atoms with Crippen molar-refractivity contribution in [2.45, 2.75) is 0 Å². The molecule has 13 rings (SSSR count). The second-order valence-corrected chi connectivity index (χ2v) is 18.0. The molecular weight excluding hydrogens is 1080 g/mol. The number of para-hydroxylation sites is 2. The molecule has 0 saturated heterocycles. The maximum absolute atomic E-state index is 6.74. The van der Waals surface area contributed by atoms with E-state index in [1.54, 1.807) is 0 Å². The molecule has 0 bridgehead atoms. The Kier molecular flexibility index (Phi) is 12.5. The van der Waals surface area contributed by atoms with Crippen molar-refractivity contribution in [2.75, 3.05) is 0 Å². The second kappa shape index (κ2) is 20.2. The van der Waals surface area contributed by atoms with E-state index in [9.17, 15) is 0 Å². The molecular formula is C69H42IrN3O. The summed E-state index contributed by atoms with van der Waals surface area (Å²) in [6.07, 6.45) is 5.47. The van der Waals surface area contributed by atoms with E-state index in [4.69, 9.17) is 9.40 Å². The van der Waals surface area contributed by atoms with Crippen molar-refractivity contribution in [1.29, 1.82) is 0 Å². The molecule has 0 atom stereocenters. The largest absolute Gasteiger partial charge is 3.00 e. The smallest absolute Gasteiger partial charge is 0.455 e. The van der Waals surface area contributed by atoms with Crippen molar-refractivity contribution in [3.05, 3.63) is 273 Å². The van der Waals surface area contributed by atoms with Gasteiger partial charge in [0.1, 0.15) is 11.2 Å². The molecule has 4 heterocycles. The van der Waals surface area contributed by atoms with Crippen LogP contribution in [0.5, 0.6) is 0 Å². The minimum Gasteiger partial charge on any atom is -0.455 e. The van der Waals surface area contributed by atoms with Crippen molar-refractivity contribution >= 4 is 21.9 Å². The van der Waals surface area contributed by atoms with E-state index in [1.807, 2.05) is 85.3 Å². The fourth-order valence-corrected chi connectivity index (χ4v) is 10.2. The average Bonchev–Trinajstić information content (AvgIpc) is 3.87. The van der Waals surface area contributed by atoms with Gasteiger partial charge >= 0.3 is 20.1 Å². The summed E-state index contributed by atoms with van der Waals surface area (Å²) >= 11 is 0. The number of fused-ring (bicyclic) bond motifs is 3. The van der Waals surface area contributed by atoms with Gasteiger partial charge in [-0.05, 0) is 92.9 Å². The molecule has 4 nitrogen and oxygen atoms in total. The SMILES string of the molecule is [Ir+3].[c-]1cc(-c2ccccc2-c2cc(-c3ccccc3-c3c[c-]c(-c4ccccn4)cc3)cc(-c3ccccc3-c3c[c-]c(-c4ccccn4)cc3-c3cccc4c3oc3ccccc34)c2)ccc1-c1ccccn1. The van der Waals surface area contributed by atoms with Gasteiger partial charge in [0.2, 0.25) is 0 Å². The van der Waals surface area contributed by atoms with E-state index in [2.05, 4.69) is 198 Å². The number of furan rings is 1. The molecule has 74 heavy (non-hydrogen) atoms. The summed E-state index contributed by atoms with van der Waals surface area (Å²) in [7, 11) is 0. The molecule has 0 radical (unpaired) electrons. The van der Waals surface area contributed by atoms with Crippen LogP contribution < -0.4 is 0 Å². The van der Waals surface area contributed by atoms with E-state index in [0.717, 1.165) is 134 Å². The van der Waals surface area contributed by atoms with Crippen LogP contribution in [-0.2, 0) is 20.1 Å². The van der Waals surface area contributed by atoms with Crippen LogP contribution in [0.4, 0.5) is 0 Å². The minimum absolute atomic E-state index is 0. The Balaban J connectivity index is 0.00000556. The van der Waals surface area contributed by atoms with E-state index >= 15 is 0 Å². The molecule has 4 aromatic heterocycles. The van der Waals surface area contributed by atoms with Gasteiger partial charge in [0.25, 0.3) is 0 Å². The van der Waals surface area contributed by atoms with Gasteiger partial charge in [-0.15, -0.1) is 83.4 Å². The maximum Gasteiger partial charge on any atom is 3.00 e. The van der Waals surface area contributed by atoms with Crippen molar-refractivity contribution in [1.82, 2.24) is 15.0 Å². The van der Waals surface area contributed by atoms with Crippen LogP contribution >= 0.6 is 0 Å². The minimum atomic E-state index is 0. The molecule has 0 aliphatic heterocycles. The first-order valence-electron chi connectivity index (χ1n) is 24.4. The molecule has 0 N–H and O–H groups in total. The van der Waals surface area contributed by atoms with E-state index in [1.165, 1.54) is 0 Å². The first-order valence-corrected chi connectivity index (χ1v) is 24.4. The average molecular weight is 1120 g/mol. The van der Waals surface area contributed by atoms with Crippen molar-refractivity contribution in [2.24, 2.45) is 0 Å². The molecule has 0 aliphatic carbocycles. The number of hydrogen-bond acceptors (Lipinski definition) is 4. The van der Waals surface area contributed by atoms with Crippen LogP contribution in [0.1, 0.15) is 0 Å². The fourth-order valence-electron chi connectivity index (χ4n) is 10.2. The van der Waals surface area contributed by atoms with Crippen LogP contribution in [0.3, 0.4) is 0 Å². The molecule has 5 heteroatoms. The predicted octanol–water partition coefficient (Wildman–Crippen LogP) is 17.8. The van der Waals surface area contributed by atoms with Gasteiger partial charge in [-0.1, -0.05) is 185 Å². The Bertz CT molecular complexity index is 3970. The quantitative estimate of drug-likeness (QED) is 0.128. The van der Waals surface area contributed by atoms with Gasteiger partial charge in [0, 0.05) is 34.9 Å². The Morgan fingerprint density at radius 3 is 1.20 bits per heavy atom. The van der Waals surface area contributed by atoms with Gasteiger partial charge in [-0.25, -0.2) is 0 Å². The first-order chi connectivity index (χ1) is 36.2. The summed E-state index contributed by atoms with van der Waals surface area (Å²) in [4.78, 5) is 13.9. The molecule has 0 saturated carbocycles. The number of benzene rings is 9. The summed E-state index contributed by atoms with van der Waals surface area (Å²) in [5.74, 6) is 0. The Hall–Kier alpha value is -9.12. The fraction of sp³-hybridized carbons (Fsp3) is 0. The summed E-state index contributed by atoms with van der Waals surface area (Å²) in [6.45, 7) is 0. The zero-order chi connectivity index (χ0) is 48.5. The molecule has 0 spiro atoms. The van der Waals surface area contributed by atoms with E-state index in [-0.39, 0.29) is 20.1 Å². The van der Waals surface area contributed by atoms with E-state index in [0.29, 0.717) is 0 Å². The number of aromatic nitrogens is 3. The zero-order valence-corrected chi connectivity index (χ0v) is 42.2. The molecule has 348 valence electrons. The standard InChI is InChI=1S/C69H42N3O.Ir/c1-3-18-56(54(16-1)46-29-33-48(34-30-46)65-25-9-12-39-70-65)51-42-52(57-19-4-2-17-55(57)47-31-35-49(36-32-47)66-26-10-13-40-71-66)44-53(43-51)58-20-5-6-21-59(58)60-38-37-50(67-27-11-14-41-72-67)45-64(60)63-24-15-23-62-61-22-7-8-28-68(61)73-69(62)63;/h1-33,35,38-45H;/q-3;+3. The van der Waals surface area contributed by atoms with Crippen molar-refractivity contribution in [3.8, 4) is 112 Å². The normalized spacial score (nSPS) is 11.1. The number of rotatable bonds is 10. The topological polar surface area (TPSA) is 51.8 Å². The summed E-state index contributed by atoms with van der Waals surface area (Å²) in [5, 5.41) is 2.16. The third-order valence-electron chi connectivity index (χ3n) is 13.7. The molecule has 0 unspecified atom stereocenters. The van der Waals surface area contributed by atoms with Crippen LogP contribution in [0.15, 0.2) is 260 Å². The third kappa shape index (κ3) is 8.75. The van der Waals surface area contributed by atoms with Crippen molar-refractivity contribution in [3.63, 3.8) is 0 Å². The van der Waals surface area contributed by atoms with Gasteiger partial charge in [0.05, 0.1) is 0 Å². The van der Waals surface area contributed by atoms with Gasteiger partial charge in [0.15, 0.2) is 0 Å². The number of hydrogen-bond donors (Lipinski definition) is 0. The zero-order valence-electron chi connectivity index (χ0n) is 39.8. The Morgan fingerprint density at radius 1 is 0.284 bits per heavy atom. The predicted molar refractivity (Wildman–Crippen MR) is 298 cm³/mol. The molecule has 13 aromatic rings. The number of pyridine rings is 3. The first kappa shape index (κ1) is 46.0. The molecule has 0 aliphatic rings. The second-order valence-electron chi connectivity index (χ2n) is 18.0. The molecule has 0 amide bonds. The summed E-state index contributed by atoms with van der Waals surface area (Å²) in [5.41, 5.74) is 22.2. The summed E-state index contributed by atoms with van der Waals surface area (Å²) < 4.78 is 6.74. The Labute approximate surface area is 443 Å². The Morgan fingerprint density at radius 2 is 0.703 bits per heavy atom. The van der Waals surface area contributed by atoms with Crippen LogP contribution in [0.2, 0.25) is 0 Å². The molecule has 9 aromatic carbocycles. The third-order valence-corrected chi connectivity index (χ3v) is 13.7.